The Hall–Kier alpha value is -1.44. The number of fused-ring (bicyclic) bond motifs is 1. The maximum Gasteiger partial charge on any atom is 0.305 e. The average Bonchev–Trinajstić information content (AvgIpc) is 3.06. The predicted molar refractivity (Wildman–Crippen MR) is 89.2 cm³/mol. The first-order chi connectivity index (χ1) is 11.5. The minimum Gasteiger partial charge on any atom is -0.481 e. The Morgan fingerprint density at radius 2 is 2.12 bits per heavy atom. The number of carbonyl (C=O) groups is 1. The van der Waals surface area contributed by atoms with Crippen LogP contribution in [0.3, 0.4) is 0 Å². The molecular weight excluding hydrogens is 330 g/mol. The van der Waals surface area contributed by atoms with Gasteiger partial charge in [0.1, 0.15) is 0 Å². The molecule has 0 radical (unpaired) electrons. The second kappa shape index (κ2) is 7.21. The molecule has 0 aliphatic carbocycles. The van der Waals surface area contributed by atoms with Crippen LogP contribution >= 0.6 is 0 Å². The van der Waals surface area contributed by atoms with Gasteiger partial charge < -0.3 is 9.84 Å². The van der Waals surface area contributed by atoms with Crippen LogP contribution < -0.4 is 0 Å². The summed E-state index contributed by atoms with van der Waals surface area (Å²) in [6, 6.07) is 6.89. The van der Waals surface area contributed by atoms with Crippen molar-refractivity contribution in [1.29, 1.82) is 0 Å². The van der Waals surface area contributed by atoms with Gasteiger partial charge in [0.25, 0.3) is 0 Å². The highest BCUT2D eigenvalue weighted by atomic mass is 32.2. The van der Waals surface area contributed by atoms with E-state index in [-0.39, 0.29) is 18.3 Å². The van der Waals surface area contributed by atoms with Crippen LogP contribution in [0.2, 0.25) is 0 Å². The van der Waals surface area contributed by atoms with E-state index in [9.17, 15) is 18.3 Å². The summed E-state index contributed by atoms with van der Waals surface area (Å²) in [4.78, 5) is 11.3. The molecule has 0 saturated carbocycles. The van der Waals surface area contributed by atoms with Gasteiger partial charge in [-0.1, -0.05) is 24.3 Å². The summed E-state index contributed by atoms with van der Waals surface area (Å²) < 4.78 is 32.5. The van der Waals surface area contributed by atoms with Crippen molar-refractivity contribution in [3.05, 3.63) is 35.4 Å². The summed E-state index contributed by atoms with van der Waals surface area (Å²) >= 11 is 0. The van der Waals surface area contributed by atoms with Gasteiger partial charge in [0.2, 0.25) is 10.0 Å². The molecule has 132 valence electrons. The minimum atomic E-state index is -3.52. The molecule has 2 unspecified atom stereocenters. The zero-order valence-corrected chi connectivity index (χ0v) is 14.4. The molecule has 2 aliphatic rings. The second-order valence-corrected chi connectivity index (χ2v) is 8.45. The largest absolute Gasteiger partial charge is 0.481 e. The summed E-state index contributed by atoms with van der Waals surface area (Å²) in [5, 5.41) is 9.24. The molecule has 6 nitrogen and oxygen atoms in total. The number of hydrogen-bond acceptors (Lipinski definition) is 4. The molecule has 24 heavy (non-hydrogen) atoms. The van der Waals surface area contributed by atoms with Crippen LogP contribution in [-0.2, 0) is 26.0 Å². The van der Waals surface area contributed by atoms with Crippen LogP contribution in [0, 0.1) is 0 Å². The third kappa shape index (κ3) is 3.79. The highest BCUT2D eigenvalue weighted by Crippen LogP contribution is 2.34. The highest BCUT2D eigenvalue weighted by Gasteiger charge is 2.36. The topological polar surface area (TPSA) is 83.9 Å². The van der Waals surface area contributed by atoms with E-state index in [1.165, 1.54) is 4.31 Å². The first-order valence-electron chi connectivity index (χ1n) is 8.38. The smallest absolute Gasteiger partial charge is 0.305 e. The Labute approximate surface area is 142 Å². The van der Waals surface area contributed by atoms with Crippen molar-refractivity contribution in [1.82, 2.24) is 4.31 Å². The Bertz CT molecular complexity index is 697. The number of carboxylic acid groups (broad SMARTS) is 1. The molecular formula is C17H23NO5S. The molecule has 7 heteroatoms. The Balaban J connectivity index is 1.80. The molecule has 0 aromatic heterocycles. The van der Waals surface area contributed by atoms with Gasteiger partial charge in [0, 0.05) is 13.2 Å². The molecule has 1 aromatic rings. The van der Waals surface area contributed by atoms with Crippen molar-refractivity contribution < 1.29 is 23.1 Å². The number of carboxylic acids is 1. The van der Waals surface area contributed by atoms with Crippen LogP contribution in [0.15, 0.2) is 24.3 Å². The fourth-order valence-electron chi connectivity index (χ4n) is 3.61. The molecule has 1 aromatic carbocycles. The van der Waals surface area contributed by atoms with Crippen LogP contribution in [0.5, 0.6) is 0 Å². The average molecular weight is 353 g/mol. The van der Waals surface area contributed by atoms with E-state index in [0.29, 0.717) is 26.0 Å². The highest BCUT2D eigenvalue weighted by molar-refractivity contribution is 7.89. The van der Waals surface area contributed by atoms with E-state index in [1.807, 2.05) is 24.3 Å². The predicted octanol–water partition coefficient (Wildman–Crippen LogP) is 1.96. The standard InChI is InChI=1S/C17H23NO5S/c19-17(20)12-16-15-6-2-1-4-13(15)7-9-18(16)24(21,22)11-8-14-5-3-10-23-14/h1-2,4,6,14,16H,3,5,7-12H2,(H,19,20). The van der Waals surface area contributed by atoms with Crippen molar-refractivity contribution in [2.75, 3.05) is 18.9 Å². The lowest BCUT2D eigenvalue weighted by molar-refractivity contribution is -0.138. The maximum atomic E-state index is 12.8. The fraction of sp³-hybridized carbons (Fsp3) is 0.588. The van der Waals surface area contributed by atoms with Crippen LogP contribution in [0.1, 0.15) is 42.9 Å². The van der Waals surface area contributed by atoms with Gasteiger partial charge in [0.15, 0.2) is 0 Å². The summed E-state index contributed by atoms with van der Waals surface area (Å²) in [6.45, 7) is 1.03. The Morgan fingerprint density at radius 1 is 1.33 bits per heavy atom. The molecule has 1 saturated heterocycles. The summed E-state index contributed by atoms with van der Waals surface area (Å²) in [5.41, 5.74) is 1.85. The Morgan fingerprint density at radius 3 is 2.83 bits per heavy atom. The summed E-state index contributed by atoms with van der Waals surface area (Å²) in [5.74, 6) is -0.980. The molecule has 1 N–H and O–H groups in total. The lowest BCUT2D eigenvalue weighted by Gasteiger charge is -2.35. The number of sulfonamides is 1. The molecule has 2 aliphatic heterocycles. The number of ether oxygens (including phenoxy) is 1. The van der Waals surface area contributed by atoms with Crippen molar-refractivity contribution in [3.63, 3.8) is 0 Å². The lowest BCUT2D eigenvalue weighted by Crippen LogP contribution is -2.42. The van der Waals surface area contributed by atoms with Gasteiger partial charge in [-0.3, -0.25) is 4.79 Å². The van der Waals surface area contributed by atoms with Crippen molar-refractivity contribution in [3.8, 4) is 0 Å². The minimum absolute atomic E-state index is 0.00905. The van der Waals surface area contributed by atoms with E-state index in [1.54, 1.807) is 0 Å². The maximum absolute atomic E-state index is 12.8. The van der Waals surface area contributed by atoms with Gasteiger partial charge in [-0.2, -0.15) is 4.31 Å². The third-order valence-electron chi connectivity index (χ3n) is 4.81. The molecule has 2 heterocycles. The molecule has 0 bridgehead atoms. The number of benzene rings is 1. The lowest BCUT2D eigenvalue weighted by atomic mass is 9.92. The van der Waals surface area contributed by atoms with Crippen LogP contribution in [-0.4, -0.2) is 48.8 Å². The van der Waals surface area contributed by atoms with Crippen molar-refractivity contribution in [2.24, 2.45) is 0 Å². The zero-order valence-electron chi connectivity index (χ0n) is 13.6. The first-order valence-corrected chi connectivity index (χ1v) is 9.99. The monoisotopic (exact) mass is 353 g/mol. The first kappa shape index (κ1) is 17.4. The SMILES string of the molecule is O=C(O)CC1c2ccccc2CCN1S(=O)(=O)CCC1CCCO1. The van der Waals surface area contributed by atoms with Gasteiger partial charge in [0.05, 0.1) is 24.3 Å². The van der Waals surface area contributed by atoms with Gasteiger partial charge >= 0.3 is 5.97 Å². The van der Waals surface area contributed by atoms with E-state index in [0.717, 1.165) is 24.0 Å². The number of rotatable bonds is 6. The van der Waals surface area contributed by atoms with Gasteiger partial charge in [-0.05, 0) is 36.8 Å². The summed E-state index contributed by atoms with van der Waals surface area (Å²) in [7, 11) is -3.52. The third-order valence-corrected chi connectivity index (χ3v) is 6.71. The van der Waals surface area contributed by atoms with E-state index in [2.05, 4.69) is 0 Å². The van der Waals surface area contributed by atoms with E-state index < -0.39 is 22.0 Å². The summed E-state index contributed by atoms with van der Waals surface area (Å²) in [6.07, 6.45) is 2.76. The van der Waals surface area contributed by atoms with E-state index in [4.69, 9.17) is 4.74 Å². The second-order valence-electron chi connectivity index (χ2n) is 6.41. The van der Waals surface area contributed by atoms with Crippen LogP contribution in [0.4, 0.5) is 0 Å². The number of aliphatic carboxylic acids is 1. The zero-order chi connectivity index (χ0) is 17.2. The quantitative estimate of drug-likeness (QED) is 0.845. The molecule has 1 fully saturated rings. The molecule has 2 atom stereocenters. The number of hydrogen-bond donors (Lipinski definition) is 1. The molecule has 0 amide bonds. The van der Waals surface area contributed by atoms with E-state index >= 15 is 0 Å². The van der Waals surface area contributed by atoms with Gasteiger partial charge in [-0.15, -0.1) is 0 Å². The number of nitrogens with zero attached hydrogens (tertiary/aromatic N) is 1. The molecule has 3 rings (SSSR count). The van der Waals surface area contributed by atoms with Crippen molar-refractivity contribution in [2.45, 2.75) is 44.2 Å². The van der Waals surface area contributed by atoms with Crippen LogP contribution in [0.25, 0.3) is 0 Å². The normalized spacial score (nSPS) is 24.7. The van der Waals surface area contributed by atoms with Crippen molar-refractivity contribution >= 4 is 16.0 Å². The Kier molecular flexibility index (Phi) is 5.22. The van der Waals surface area contributed by atoms with Gasteiger partial charge in [-0.25, -0.2) is 8.42 Å². The fourth-order valence-corrected chi connectivity index (χ4v) is 5.35. The molecule has 0 spiro atoms.